The molecular weight excluding hydrogens is 448 g/mol. The van der Waals surface area contributed by atoms with Crippen LogP contribution in [0.2, 0.25) is 0 Å². The van der Waals surface area contributed by atoms with Crippen molar-refractivity contribution in [3.63, 3.8) is 0 Å². The molecule has 0 spiro atoms. The second-order valence-electron chi connectivity index (χ2n) is 8.68. The standard InChI is InChI=1S/C26H26N4O3S/c1-34(32,33)30-15-12-19(13-16-30)18-7-9-22(10-8-18)28-25-24-21(11-14-27-26(24)31)17-23(29-25)20-5-3-2-4-6-20/h2-11,14,17,19H,12-13,15-16H2,1H3,(H,27,31)(H,28,29). The molecule has 0 saturated carbocycles. The first-order valence-electron chi connectivity index (χ1n) is 11.3. The predicted molar refractivity (Wildman–Crippen MR) is 136 cm³/mol. The molecule has 2 aromatic carbocycles. The van der Waals surface area contributed by atoms with Crippen LogP contribution in [0.4, 0.5) is 11.5 Å². The Kier molecular flexibility index (Phi) is 5.93. The van der Waals surface area contributed by atoms with Gasteiger partial charge in [0.2, 0.25) is 10.0 Å². The lowest BCUT2D eigenvalue weighted by molar-refractivity contribution is 0.321. The number of fused-ring (bicyclic) bond motifs is 1. The summed E-state index contributed by atoms with van der Waals surface area (Å²) < 4.78 is 25.1. The highest BCUT2D eigenvalue weighted by atomic mass is 32.2. The van der Waals surface area contributed by atoms with E-state index in [9.17, 15) is 13.2 Å². The predicted octanol–water partition coefficient (Wildman–Crippen LogP) is 4.47. The quantitative estimate of drug-likeness (QED) is 0.445. The molecule has 0 amide bonds. The molecule has 8 heteroatoms. The molecule has 2 aromatic heterocycles. The molecule has 0 atom stereocenters. The van der Waals surface area contributed by atoms with Crippen LogP contribution in [0.15, 0.2) is 77.7 Å². The van der Waals surface area contributed by atoms with Crippen molar-refractivity contribution < 1.29 is 8.42 Å². The van der Waals surface area contributed by atoms with Crippen LogP contribution in [0.3, 0.4) is 0 Å². The minimum Gasteiger partial charge on any atom is -0.340 e. The molecule has 7 nitrogen and oxygen atoms in total. The van der Waals surface area contributed by atoms with E-state index in [1.165, 1.54) is 11.8 Å². The Balaban J connectivity index is 1.42. The highest BCUT2D eigenvalue weighted by molar-refractivity contribution is 7.88. The molecular formula is C26H26N4O3S. The molecule has 3 heterocycles. The average molecular weight is 475 g/mol. The van der Waals surface area contributed by atoms with Gasteiger partial charge in [0, 0.05) is 30.5 Å². The molecule has 0 aliphatic carbocycles. The van der Waals surface area contributed by atoms with E-state index in [-0.39, 0.29) is 5.56 Å². The number of H-pyrrole nitrogens is 1. The Morgan fingerprint density at radius 3 is 2.38 bits per heavy atom. The van der Waals surface area contributed by atoms with Crippen molar-refractivity contribution in [2.75, 3.05) is 24.7 Å². The summed E-state index contributed by atoms with van der Waals surface area (Å²) in [7, 11) is -3.13. The van der Waals surface area contributed by atoms with E-state index in [4.69, 9.17) is 4.98 Å². The number of hydrogen-bond acceptors (Lipinski definition) is 5. The van der Waals surface area contributed by atoms with Crippen LogP contribution in [0.25, 0.3) is 22.0 Å². The lowest BCUT2D eigenvalue weighted by atomic mass is 9.90. The van der Waals surface area contributed by atoms with Crippen molar-refractivity contribution in [1.82, 2.24) is 14.3 Å². The van der Waals surface area contributed by atoms with Crippen LogP contribution in [0.1, 0.15) is 24.3 Å². The van der Waals surface area contributed by atoms with Gasteiger partial charge >= 0.3 is 0 Å². The van der Waals surface area contributed by atoms with Gasteiger partial charge in [-0.05, 0) is 54.0 Å². The fourth-order valence-corrected chi connectivity index (χ4v) is 5.43. The molecule has 1 fully saturated rings. The Morgan fingerprint density at radius 1 is 1.00 bits per heavy atom. The SMILES string of the molecule is CS(=O)(=O)N1CCC(c2ccc(Nc3nc(-c4ccccc4)cc4cc[nH]c(=O)c34)cc2)CC1. The number of aromatic nitrogens is 2. The van der Waals surface area contributed by atoms with E-state index in [1.807, 2.05) is 54.6 Å². The number of rotatable bonds is 5. The largest absolute Gasteiger partial charge is 0.340 e. The van der Waals surface area contributed by atoms with Gasteiger partial charge < -0.3 is 10.3 Å². The van der Waals surface area contributed by atoms with Crippen LogP contribution >= 0.6 is 0 Å². The fraction of sp³-hybridized carbons (Fsp3) is 0.231. The molecule has 5 rings (SSSR count). The summed E-state index contributed by atoms with van der Waals surface area (Å²) in [6.45, 7) is 1.10. The summed E-state index contributed by atoms with van der Waals surface area (Å²) in [6, 6.07) is 21.8. The van der Waals surface area contributed by atoms with Gasteiger partial charge in [-0.25, -0.2) is 17.7 Å². The molecule has 4 aromatic rings. The van der Waals surface area contributed by atoms with Crippen molar-refractivity contribution in [2.45, 2.75) is 18.8 Å². The van der Waals surface area contributed by atoms with Crippen molar-refractivity contribution in [2.24, 2.45) is 0 Å². The molecule has 1 aliphatic rings. The minimum absolute atomic E-state index is 0.193. The van der Waals surface area contributed by atoms with Crippen LogP contribution in [0, 0.1) is 0 Å². The minimum atomic E-state index is -3.13. The van der Waals surface area contributed by atoms with Crippen LogP contribution in [-0.4, -0.2) is 42.0 Å². The first kappa shape index (κ1) is 22.3. The van der Waals surface area contributed by atoms with Crippen molar-refractivity contribution >= 4 is 32.3 Å². The maximum Gasteiger partial charge on any atom is 0.259 e. The zero-order chi connectivity index (χ0) is 23.7. The molecule has 1 saturated heterocycles. The van der Waals surface area contributed by atoms with E-state index < -0.39 is 10.0 Å². The summed E-state index contributed by atoms with van der Waals surface area (Å²) in [5.74, 6) is 0.836. The van der Waals surface area contributed by atoms with Gasteiger partial charge in [-0.2, -0.15) is 0 Å². The topological polar surface area (TPSA) is 95.2 Å². The Hall–Kier alpha value is -3.49. The number of sulfonamides is 1. The normalized spacial score (nSPS) is 15.4. The number of hydrogen-bond donors (Lipinski definition) is 2. The third-order valence-corrected chi connectivity index (χ3v) is 7.69. The first-order chi connectivity index (χ1) is 16.4. The maximum atomic E-state index is 12.6. The van der Waals surface area contributed by atoms with Gasteiger partial charge in [-0.3, -0.25) is 4.79 Å². The number of anilines is 2. The van der Waals surface area contributed by atoms with Crippen molar-refractivity contribution in [3.05, 3.63) is 88.8 Å². The summed E-state index contributed by atoms with van der Waals surface area (Å²) in [5.41, 5.74) is 3.59. The van der Waals surface area contributed by atoms with Crippen LogP contribution in [-0.2, 0) is 10.0 Å². The number of pyridine rings is 2. The second-order valence-corrected chi connectivity index (χ2v) is 10.7. The molecule has 0 radical (unpaired) electrons. The lowest BCUT2D eigenvalue weighted by Gasteiger charge is -2.30. The number of nitrogens with one attached hydrogen (secondary N) is 2. The van der Waals surface area contributed by atoms with Gasteiger partial charge in [-0.15, -0.1) is 0 Å². The van der Waals surface area contributed by atoms with E-state index in [0.29, 0.717) is 30.2 Å². The number of benzene rings is 2. The fourth-order valence-electron chi connectivity index (χ4n) is 4.56. The van der Waals surface area contributed by atoms with E-state index in [1.54, 1.807) is 10.5 Å². The Labute approximate surface area is 198 Å². The highest BCUT2D eigenvalue weighted by Crippen LogP contribution is 2.31. The van der Waals surface area contributed by atoms with E-state index >= 15 is 0 Å². The number of aromatic amines is 1. The van der Waals surface area contributed by atoms with Crippen LogP contribution < -0.4 is 10.9 Å². The molecule has 2 N–H and O–H groups in total. The molecule has 0 bridgehead atoms. The van der Waals surface area contributed by atoms with Gasteiger partial charge in [-0.1, -0.05) is 42.5 Å². The monoisotopic (exact) mass is 474 g/mol. The summed E-state index contributed by atoms with van der Waals surface area (Å²) >= 11 is 0. The summed E-state index contributed by atoms with van der Waals surface area (Å²) in [4.78, 5) is 20.1. The highest BCUT2D eigenvalue weighted by Gasteiger charge is 2.25. The number of nitrogens with zero attached hydrogens (tertiary/aromatic N) is 2. The smallest absolute Gasteiger partial charge is 0.259 e. The molecule has 174 valence electrons. The molecule has 1 aliphatic heterocycles. The third kappa shape index (κ3) is 4.60. The molecule has 34 heavy (non-hydrogen) atoms. The van der Waals surface area contributed by atoms with Crippen molar-refractivity contribution in [1.29, 1.82) is 0 Å². The van der Waals surface area contributed by atoms with Crippen molar-refractivity contribution in [3.8, 4) is 11.3 Å². The van der Waals surface area contributed by atoms with Gasteiger partial charge in [0.1, 0.15) is 5.82 Å². The van der Waals surface area contributed by atoms with Gasteiger partial charge in [0.25, 0.3) is 5.56 Å². The maximum absolute atomic E-state index is 12.6. The number of piperidine rings is 1. The summed E-state index contributed by atoms with van der Waals surface area (Å²) in [5, 5.41) is 4.66. The molecule has 0 unspecified atom stereocenters. The van der Waals surface area contributed by atoms with E-state index in [0.717, 1.165) is 35.2 Å². The average Bonchev–Trinajstić information content (AvgIpc) is 2.84. The summed E-state index contributed by atoms with van der Waals surface area (Å²) in [6.07, 6.45) is 4.53. The zero-order valence-corrected chi connectivity index (χ0v) is 19.7. The Bertz CT molecular complexity index is 1470. The lowest BCUT2D eigenvalue weighted by Crippen LogP contribution is -2.37. The third-order valence-electron chi connectivity index (χ3n) is 6.39. The van der Waals surface area contributed by atoms with E-state index in [2.05, 4.69) is 22.4 Å². The second kappa shape index (κ2) is 9.04. The first-order valence-corrected chi connectivity index (χ1v) is 13.1. The van der Waals surface area contributed by atoms with Gasteiger partial charge in [0.05, 0.1) is 17.3 Å². The van der Waals surface area contributed by atoms with Crippen LogP contribution in [0.5, 0.6) is 0 Å². The Morgan fingerprint density at radius 2 is 1.71 bits per heavy atom. The van der Waals surface area contributed by atoms with Gasteiger partial charge in [0.15, 0.2) is 0 Å². The zero-order valence-electron chi connectivity index (χ0n) is 18.9.